The Bertz CT molecular complexity index is 942. The van der Waals surface area contributed by atoms with E-state index < -0.39 is 6.10 Å². The second-order valence-electron chi connectivity index (χ2n) is 6.47. The Morgan fingerprint density at radius 2 is 2.00 bits per heavy atom. The molecule has 1 N–H and O–H groups in total. The van der Waals surface area contributed by atoms with Crippen molar-refractivity contribution >= 4 is 16.9 Å². The van der Waals surface area contributed by atoms with Crippen LogP contribution in [-0.2, 0) is 7.05 Å². The van der Waals surface area contributed by atoms with E-state index in [-0.39, 0.29) is 6.10 Å². The monoisotopic (exact) mass is 355 g/mol. The number of methoxy groups -OCH3 is 1. The summed E-state index contributed by atoms with van der Waals surface area (Å²) in [6, 6.07) is 5.62. The number of hydrogen-bond donors (Lipinski definition) is 1. The Hall–Kier alpha value is -2.87. The number of nitrogens with zero attached hydrogens (tertiary/aromatic N) is 5. The fourth-order valence-corrected chi connectivity index (χ4v) is 3.22. The van der Waals surface area contributed by atoms with Crippen LogP contribution >= 0.6 is 0 Å². The van der Waals surface area contributed by atoms with Crippen molar-refractivity contribution in [1.82, 2.24) is 19.7 Å². The molecule has 1 fully saturated rings. The lowest BCUT2D eigenvalue weighted by molar-refractivity contribution is 0.0737. The molecule has 2 atom stereocenters. The lowest BCUT2D eigenvalue weighted by Gasteiger charge is -2.19. The van der Waals surface area contributed by atoms with E-state index >= 15 is 0 Å². The summed E-state index contributed by atoms with van der Waals surface area (Å²) in [6.45, 7) is 2.90. The number of anilines is 1. The van der Waals surface area contributed by atoms with E-state index in [0.29, 0.717) is 18.8 Å². The van der Waals surface area contributed by atoms with Crippen LogP contribution < -0.4 is 14.4 Å². The molecule has 136 valence electrons. The van der Waals surface area contributed by atoms with Crippen LogP contribution in [0.3, 0.4) is 0 Å². The van der Waals surface area contributed by atoms with Crippen molar-refractivity contribution in [3.63, 3.8) is 0 Å². The maximum absolute atomic E-state index is 10.4. The lowest BCUT2D eigenvalue weighted by atomic mass is 10.2. The SMILES string of the molecule is COc1ccc2nc(N3C[C@@H](O)[C@H](Oc4cnn(C)c4)C3)c(C)nc2c1. The largest absolute Gasteiger partial charge is 0.497 e. The standard InChI is InChI=1S/C18H21N5O3/c1-11-18(21-14-5-4-12(25-3)6-15(14)20-11)23-9-16(24)17(10-23)26-13-7-19-22(2)8-13/h4-8,16-17,24H,9-10H2,1-3H3/t16-,17-/m1/s1. The highest BCUT2D eigenvalue weighted by Crippen LogP contribution is 2.27. The van der Waals surface area contributed by atoms with Gasteiger partial charge in [-0.05, 0) is 19.1 Å². The van der Waals surface area contributed by atoms with Gasteiger partial charge in [-0.1, -0.05) is 0 Å². The average Bonchev–Trinajstić information content (AvgIpc) is 3.19. The molecular formula is C18H21N5O3. The second kappa shape index (κ2) is 6.45. The number of aromatic nitrogens is 4. The zero-order valence-corrected chi connectivity index (χ0v) is 15.0. The van der Waals surface area contributed by atoms with E-state index in [0.717, 1.165) is 28.3 Å². The highest BCUT2D eigenvalue weighted by Gasteiger charge is 2.35. The summed E-state index contributed by atoms with van der Waals surface area (Å²) in [4.78, 5) is 11.4. The third-order valence-corrected chi connectivity index (χ3v) is 4.53. The Balaban J connectivity index is 1.58. The summed E-state index contributed by atoms with van der Waals surface area (Å²) in [7, 11) is 3.46. The molecule has 1 aliphatic heterocycles. The smallest absolute Gasteiger partial charge is 0.157 e. The van der Waals surface area contributed by atoms with Crippen LogP contribution in [-0.4, -0.2) is 57.3 Å². The Morgan fingerprint density at radius 1 is 1.15 bits per heavy atom. The molecule has 2 aromatic heterocycles. The highest BCUT2D eigenvalue weighted by atomic mass is 16.5. The second-order valence-corrected chi connectivity index (χ2v) is 6.47. The van der Waals surface area contributed by atoms with Gasteiger partial charge in [-0.25, -0.2) is 9.97 Å². The number of benzene rings is 1. The number of β-amino-alcohol motifs (C(OH)–C–C–N with tert-alkyl or cyclic N) is 1. The van der Waals surface area contributed by atoms with Gasteiger partial charge in [0, 0.05) is 19.7 Å². The molecule has 26 heavy (non-hydrogen) atoms. The molecule has 0 radical (unpaired) electrons. The van der Waals surface area contributed by atoms with Gasteiger partial charge in [0.1, 0.15) is 18.0 Å². The van der Waals surface area contributed by atoms with Crippen molar-refractivity contribution in [2.75, 3.05) is 25.1 Å². The summed E-state index contributed by atoms with van der Waals surface area (Å²) in [5.41, 5.74) is 2.38. The molecule has 1 aliphatic rings. The number of ether oxygens (including phenoxy) is 2. The summed E-state index contributed by atoms with van der Waals surface area (Å²) in [5.74, 6) is 2.16. The Labute approximate surface area is 151 Å². The van der Waals surface area contributed by atoms with Gasteiger partial charge in [0.2, 0.25) is 0 Å². The lowest BCUT2D eigenvalue weighted by Crippen LogP contribution is -2.29. The fourth-order valence-electron chi connectivity index (χ4n) is 3.22. The number of aliphatic hydroxyl groups excluding tert-OH is 1. The summed E-state index contributed by atoms with van der Waals surface area (Å²) >= 11 is 0. The van der Waals surface area contributed by atoms with Gasteiger partial charge in [0.25, 0.3) is 0 Å². The number of fused-ring (bicyclic) bond motifs is 1. The van der Waals surface area contributed by atoms with Gasteiger partial charge in [-0.3, -0.25) is 4.68 Å². The maximum atomic E-state index is 10.4. The van der Waals surface area contributed by atoms with Crippen LogP contribution in [0.4, 0.5) is 5.82 Å². The first-order valence-corrected chi connectivity index (χ1v) is 8.44. The van der Waals surface area contributed by atoms with Gasteiger partial charge in [0.05, 0.1) is 42.8 Å². The van der Waals surface area contributed by atoms with Crippen LogP contribution in [0, 0.1) is 6.92 Å². The van der Waals surface area contributed by atoms with Crippen LogP contribution in [0.25, 0.3) is 11.0 Å². The molecule has 8 nitrogen and oxygen atoms in total. The third kappa shape index (κ3) is 3.03. The zero-order valence-electron chi connectivity index (χ0n) is 15.0. The zero-order chi connectivity index (χ0) is 18.3. The number of aryl methyl sites for hydroxylation is 2. The van der Waals surface area contributed by atoms with Crippen molar-refractivity contribution in [1.29, 1.82) is 0 Å². The van der Waals surface area contributed by atoms with E-state index in [1.165, 1.54) is 0 Å². The predicted octanol–water partition coefficient (Wildman–Crippen LogP) is 1.31. The van der Waals surface area contributed by atoms with Gasteiger partial charge in [-0.2, -0.15) is 5.10 Å². The molecule has 1 aromatic carbocycles. The molecule has 0 aliphatic carbocycles. The maximum Gasteiger partial charge on any atom is 0.157 e. The fraction of sp³-hybridized carbons (Fsp3) is 0.389. The van der Waals surface area contributed by atoms with Crippen molar-refractivity contribution in [2.24, 2.45) is 7.05 Å². The summed E-state index contributed by atoms with van der Waals surface area (Å²) in [6.07, 6.45) is 2.48. The molecule has 1 saturated heterocycles. The first-order chi connectivity index (χ1) is 12.5. The number of rotatable bonds is 4. The molecule has 3 aromatic rings. The Kier molecular flexibility index (Phi) is 4.12. The van der Waals surface area contributed by atoms with Gasteiger partial charge in [-0.15, -0.1) is 0 Å². The molecule has 0 spiro atoms. The van der Waals surface area contributed by atoms with E-state index in [9.17, 15) is 5.11 Å². The highest BCUT2D eigenvalue weighted by molar-refractivity contribution is 5.78. The van der Waals surface area contributed by atoms with Crippen LogP contribution in [0.15, 0.2) is 30.6 Å². The minimum Gasteiger partial charge on any atom is -0.497 e. The van der Waals surface area contributed by atoms with Gasteiger partial charge >= 0.3 is 0 Å². The number of hydrogen-bond acceptors (Lipinski definition) is 7. The van der Waals surface area contributed by atoms with Crippen LogP contribution in [0.5, 0.6) is 11.5 Å². The molecule has 4 rings (SSSR count). The van der Waals surface area contributed by atoms with Gasteiger partial charge < -0.3 is 19.5 Å². The minimum absolute atomic E-state index is 0.341. The first-order valence-electron chi connectivity index (χ1n) is 8.44. The molecule has 0 bridgehead atoms. The van der Waals surface area contributed by atoms with Crippen molar-refractivity contribution in [2.45, 2.75) is 19.1 Å². The minimum atomic E-state index is -0.608. The molecule has 3 heterocycles. The van der Waals surface area contributed by atoms with E-state index in [2.05, 4.69) is 10.1 Å². The summed E-state index contributed by atoms with van der Waals surface area (Å²) in [5, 5.41) is 14.5. The third-order valence-electron chi connectivity index (χ3n) is 4.53. The summed E-state index contributed by atoms with van der Waals surface area (Å²) < 4.78 is 12.8. The van der Waals surface area contributed by atoms with E-state index in [4.69, 9.17) is 14.5 Å². The normalized spacial score (nSPS) is 19.9. The molecule has 0 saturated carbocycles. The number of aliphatic hydroxyl groups is 1. The van der Waals surface area contributed by atoms with Crippen molar-refractivity contribution in [3.8, 4) is 11.5 Å². The van der Waals surface area contributed by atoms with E-state index in [1.54, 1.807) is 24.2 Å². The topological polar surface area (TPSA) is 85.5 Å². The average molecular weight is 355 g/mol. The van der Waals surface area contributed by atoms with Crippen LogP contribution in [0.1, 0.15) is 5.69 Å². The quantitative estimate of drug-likeness (QED) is 0.755. The molecule has 8 heteroatoms. The molecule has 0 amide bonds. The Morgan fingerprint density at radius 3 is 2.73 bits per heavy atom. The first kappa shape index (κ1) is 16.6. The molecule has 0 unspecified atom stereocenters. The van der Waals surface area contributed by atoms with E-state index in [1.807, 2.05) is 37.1 Å². The van der Waals surface area contributed by atoms with Crippen molar-refractivity contribution in [3.05, 3.63) is 36.3 Å². The van der Waals surface area contributed by atoms with Gasteiger partial charge in [0.15, 0.2) is 11.6 Å². The van der Waals surface area contributed by atoms with Crippen molar-refractivity contribution < 1.29 is 14.6 Å². The van der Waals surface area contributed by atoms with Crippen LogP contribution in [0.2, 0.25) is 0 Å². The molecular weight excluding hydrogens is 334 g/mol. The predicted molar refractivity (Wildman–Crippen MR) is 96.7 cm³/mol.